The number of nitrogens with two attached hydrogens (primary N) is 1. The molecule has 2 N–H and O–H groups in total. The predicted molar refractivity (Wildman–Crippen MR) is 86.6 cm³/mol. The monoisotopic (exact) mass is 326 g/mol. The van der Waals surface area contributed by atoms with E-state index in [-0.39, 0.29) is 11.5 Å². The van der Waals surface area contributed by atoms with Crippen molar-refractivity contribution in [2.75, 3.05) is 0 Å². The van der Waals surface area contributed by atoms with Crippen LogP contribution < -0.4 is 5.73 Å². The van der Waals surface area contributed by atoms with Crippen molar-refractivity contribution in [3.8, 4) is 10.6 Å². The van der Waals surface area contributed by atoms with E-state index in [2.05, 4.69) is 13.8 Å². The molecule has 20 heavy (non-hydrogen) atoms. The first-order valence-corrected chi connectivity index (χ1v) is 8.14. The maximum Gasteiger partial charge on any atom is 0.126 e. The highest BCUT2D eigenvalue weighted by Crippen LogP contribution is 2.45. The largest absolute Gasteiger partial charge is 0.323 e. The summed E-state index contributed by atoms with van der Waals surface area (Å²) in [6.07, 6.45) is 1.94. The number of nitrogens with zero attached hydrogens (tertiary/aromatic N) is 1. The summed E-state index contributed by atoms with van der Waals surface area (Å²) < 4.78 is 0. The van der Waals surface area contributed by atoms with E-state index in [9.17, 15) is 0 Å². The fourth-order valence-corrected chi connectivity index (χ4v) is 4.65. The van der Waals surface area contributed by atoms with Gasteiger partial charge in [-0.15, -0.1) is 11.3 Å². The second-order valence-electron chi connectivity index (χ2n) is 6.08. The van der Waals surface area contributed by atoms with Gasteiger partial charge in [0.05, 0.1) is 15.7 Å². The fraction of sp³-hybridized carbons (Fsp3) is 0.400. The quantitative estimate of drug-likeness (QED) is 0.792. The lowest BCUT2D eigenvalue weighted by Gasteiger charge is -2.32. The second kappa shape index (κ2) is 4.99. The van der Waals surface area contributed by atoms with Crippen LogP contribution >= 0.6 is 34.5 Å². The molecular weight excluding hydrogens is 311 g/mol. The third kappa shape index (κ3) is 2.48. The number of thiazole rings is 1. The molecule has 3 rings (SSSR count). The van der Waals surface area contributed by atoms with Crippen LogP contribution in [0.2, 0.25) is 10.0 Å². The lowest BCUT2D eigenvalue weighted by Crippen LogP contribution is -2.28. The normalized spacial score (nSPS) is 20.8. The van der Waals surface area contributed by atoms with Crippen LogP contribution in [0.5, 0.6) is 0 Å². The Morgan fingerprint density at radius 1 is 1.30 bits per heavy atom. The maximum absolute atomic E-state index is 6.29. The Balaban J connectivity index is 2.11. The van der Waals surface area contributed by atoms with Gasteiger partial charge in [-0.1, -0.05) is 43.1 Å². The number of hydrogen-bond acceptors (Lipinski definition) is 3. The Kier molecular flexibility index (Phi) is 3.57. The molecule has 0 saturated carbocycles. The third-order valence-electron chi connectivity index (χ3n) is 3.66. The average Bonchev–Trinajstić information content (AvgIpc) is 2.70. The van der Waals surface area contributed by atoms with Gasteiger partial charge in [0.15, 0.2) is 0 Å². The molecule has 0 spiro atoms. The summed E-state index contributed by atoms with van der Waals surface area (Å²) in [5, 5.41) is 2.15. The molecule has 2 aromatic rings. The van der Waals surface area contributed by atoms with Crippen LogP contribution in [0.4, 0.5) is 0 Å². The van der Waals surface area contributed by atoms with Crippen molar-refractivity contribution in [3.05, 3.63) is 38.8 Å². The summed E-state index contributed by atoms with van der Waals surface area (Å²) in [7, 11) is 0. The SMILES string of the molecule is CC1(C)Cc2nc(-c3c(Cl)cccc3Cl)sc2C(N)C1. The number of halogens is 2. The Bertz CT molecular complexity index is 644. The predicted octanol–water partition coefficient (Wildman–Crippen LogP) is 5.09. The molecule has 1 heterocycles. The van der Waals surface area contributed by atoms with Crippen LogP contribution in [0.1, 0.15) is 36.9 Å². The van der Waals surface area contributed by atoms with E-state index in [4.69, 9.17) is 33.9 Å². The number of benzene rings is 1. The molecule has 5 heteroatoms. The number of fused-ring (bicyclic) bond motifs is 1. The summed E-state index contributed by atoms with van der Waals surface area (Å²) in [6.45, 7) is 4.47. The second-order valence-corrected chi connectivity index (χ2v) is 7.92. The minimum Gasteiger partial charge on any atom is -0.323 e. The molecule has 0 fully saturated rings. The number of hydrogen-bond donors (Lipinski definition) is 1. The van der Waals surface area contributed by atoms with E-state index < -0.39 is 0 Å². The van der Waals surface area contributed by atoms with Gasteiger partial charge in [0.25, 0.3) is 0 Å². The van der Waals surface area contributed by atoms with Crippen LogP contribution in [-0.2, 0) is 6.42 Å². The zero-order valence-corrected chi connectivity index (χ0v) is 13.7. The topological polar surface area (TPSA) is 38.9 Å². The van der Waals surface area contributed by atoms with Gasteiger partial charge in [-0.05, 0) is 30.4 Å². The molecule has 1 aliphatic carbocycles. The van der Waals surface area contributed by atoms with Gasteiger partial charge in [-0.3, -0.25) is 0 Å². The van der Waals surface area contributed by atoms with E-state index >= 15 is 0 Å². The molecule has 1 aliphatic rings. The molecule has 1 atom stereocenters. The first-order chi connectivity index (χ1) is 9.37. The molecule has 0 bridgehead atoms. The zero-order chi connectivity index (χ0) is 14.5. The fourth-order valence-electron chi connectivity index (χ4n) is 2.80. The average molecular weight is 327 g/mol. The summed E-state index contributed by atoms with van der Waals surface area (Å²) >= 11 is 14.2. The summed E-state index contributed by atoms with van der Waals surface area (Å²) in [5.41, 5.74) is 8.41. The van der Waals surface area contributed by atoms with E-state index in [1.807, 2.05) is 18.2 Å². The molecule has 0 saturated heterocycles. The Hall–Kier alpha value is -0.610. The Morgan fingerprint density at radius 3 is 2.60 bits per heavy atom. The van der Waals surface area contributed by atoms with Crippen LogP contribution in [0, 0.1) is 5.41 Å². The lowest BCUT2D eigenvalue weighted by atomic mass is 9.77. The highest BCUT2D eigenvalue weighted by Gasteiger charge is 2.33. The first-order valence-electron chi connectivity index (χ1n) is 6.57. The summed E-state index contributed by atoms with van der Waals surface area (Å²) in [5.74, 6) is 0. The molecule has 0 amide bonds. The van der Waals surface area contributed by atoms with Crippen LogP contribution in [0.15, 0.2) is 18.2 Å². The van der Waals surface area contributed by atoms with Crippen LogP contribution in [0.25, 0.3) is 10.6 Å². The van der Waals surface area contributed by atoms with Crippen molar-refractivity contribution >= 4 is 34.5 Å². The highest BCUT2D eigenvalue weighted by atomic mass is 35.5. The molecule has 106 valence electrons. The molecule has 1 aromatic heterocycles. The zero-order valence-electron chi connectivity index (χ0n) is 11.4. The van der Waals surface area contributed by atoms with Crippen molar-refractivity contribution in [3.63, 3.8) is 0 Å². The molecule has 0 aliphatic heterocycles. The molecular formula is C15H16Cl2N2S. The van der Waals surface area contributed by atoms with Gasteiger partial charge >= 0.3 is 0 Å². The maximum atomic E-state index is 6.29. The third-order valence-corrected chi connectivity index (χ3v) is 5.54. The van der Waals surface area contributed by atoms with E-state index in [1.54, 1.807) is 11.3 Å². The van der Waals surface area contributed by atoms with Gasteiger partial charge in [-0.25, -0.2) is 4.98 Å². The summed E-state index contributed by atoms with van der Waals surface area (Å²) in [6, 6.07) is 5.58. The molecule has 2 nitrogen and oxygen atoms in total. The Morgan fingerprint density at radius 2 is 1.95 bits per heavy atom. The van der Waals surface area contributed by atoms with Crippen LogP contribution in [-0.4, -0.2) is 4.98 Å². The standard InChI is InChI=1S/C15H16Cl2N2S/c1-15(2)6-10(18)13-11(7-15)19-14(20-13)12-8(16)4-3-5-9(12)17/h3-5,10H,6-7,18H2,1-2H3. The number of rotatable bonds is 1. The molecule has 1 aromatic carbocycles. The number of aromatic nitrogens is 1. The first kappa shape index (κ1) is 14.3. The van der Waals surface area contributed by atoms with Crippen LogP contribution in [0.3, 0.4) is 0 Å². The van der Waals surface area contributed by atoms with E-state index in [0.29, 0.717) is 10.0 Å². The Labute approximate surface area is 132 Å². The van der Waals surface area contributed by atoms with Crippen molar-refractivity contribution in [1.29, 1.82) is 0 Å². The van der Waals surface area contributed by atoms with Crippen molar-refractivity contribution in [1.82, 2.24) is 4.98 Å². The van der Waals surface area contributed by atoms with Crippen molar-refractivity contribution < 1.29 is 0 Å². The molecule has 0 radical (unpaired) electrons. The van der Waals surface area contributed by atoms with E-state index in [1.165, 1.54) is 4.88 Å². The minimum atomic E-state index is 0.0567. The molecule has 1 unspecified atom stereocenters. The van der Waals surface area contributed by atoms with Gasteiger partial charge in [-0.2, -0.15) is 0 Å². The van der Waals surface area contributed by atoms with E-state index in [0.717, 1.165) is 29.1 Å². The van der Waals surface area contributed by atoms with Gasteiger partial charge in [0.2, 0.25) is 0 Å². The van der Waals surface area contributed by atoms with Gasteiger partial charge < -0.3 is 5.73 Å². The van der Waals surface area contributed by atoms with Crippen molar-refractivity contribution in [2.24, 2.45) is 11.1 Å². The lowest BCUT2D eigenvalue weighted by molar-refractivity contribution is 0.282. The summed E-state index contributed by atoms with van der Waals surface area (Å²) in [4.78, 5) is 5.93. The minimum absolute atomic E-state index is 0.0567. The smallest absolute Gasteiger partial charge is 0.126 e. The van der Waals surface area contributed by atoms with Gasteiger partial charge in [0.1, 0.15) is 5.01 Å². The van der Waals surface area contributed by atoms with Gasteiger partial charge in [0, 0.05) is 16.5 Å². The highest BCUT2D eigenvalue weighted by molar-refractivity contribution is 7.15. The van der Waals surface area contributed by atoms with Crippen molar-refractivity contribution in [2.45, 2.75) is 32.7 Å².